The Balaban J connectivity index is 1.55. The second kappa shape index (κ2) is 11.4. The molecule has 1 saturated heterocycles. The number of piperazine rings is 1. The van der Waals surface area contributed by atoms with E-state index in [0.29, 0.717) is 58.3 Å². The number of hydrogen-bond donors (Lipinski definition) is 5. The molecule has 37 heavy (non-hydrogen) atoms. The summed E-state index contributed by atoms with van der Waals surface area (Å²) in [6, 6.07) is 11.8. The second-order valence-corrected chi connectivity index (χ2v) is 9.63. The number of carbonyl (C=O) groups excluding carboxylic acids is 1. The first-order valence-electron chi connectivity index (χ1n) is 11.5. The minimum Gasteiger partial charge on any atom is -0.382 e. The van der Waals surface area contributed by atoms with E-state index >= 15 is 0 Å². The Bertz CT molecular complexity index is 1290. The van der Waals surface area contributed by atoms with Crippen LogP contribution in [0, 0.1) is 0 Å². The van der Waals surface area contributed by atoms with Crippen LogP contribution < -0.4 is 26.5 Å². The van der Waals surface area contributed by atoms with Gasteiger partial charge in [-0.2, -0.15) is 0 Å². The molecule has 0 spiro atoms. The number of nitrogens with zero attached hydrogens (tertiary/aromatic N) is 5. The Labute approximate surface area is 224 Å². The zero-order valence-corrected chi connectivity index (χ0v) is 21.8. The SMILES string of the molecule is CC(CNc1ccc(N2CCN(C)CC2=O)c(-c2ccc(Cl)cc2Cl)n1)Nc1ccc(N(O)O)c(N)n1. The molecule has 13 heteroatoms. The van der Waals surface area contributed by atoms with Crippen LogP contribution in [0.4, 0.5) is 28.8 Å². The summed E-state index contributed by atoms with van der Waals surface area (Å²) in [5.41, 5.74) is 7.67. The molecule has 6 N–H and O–H groups in total. The Morgan fingerprint density at radius 2 is 1.86 bits per heavy atom. The van der Waals surface area contributed by atoms with E-state index < -0.39 is 0 Å². The summed E-state index contributed by atoms with van der Waals surface area (Å²) in [6.07, 6.45) is 0. The molecule has 196 valence electrons. The number of nitrogens with two attached hydrogens (primary N) is 1. The van der Waals surface area contributed by atoms with E-state index in [9.17, 15) is 4.79 Å². The standard InChI is InChI=1S/C24H28Cl2N8O3/c1-14(29-21-8-6-19(34(36)37)24(27)31-21)12-28-20-7-5-18(33-10-9-32(2)13-22(33)35)23(30-20)16-4-3-15(25)11-17(16)26/h3-8,11,14,36-37H,9-10,12-13H2,1-2H3,(H,28,30)(H3,27,29,31). The molecule has 3 aromatic rings. The van der Waals surface area contributed by atoms with Crippen molar-refractivity contribution in [1.82, 2.24) is 14.9 Å². The van der Waals surface area contributed by atoms with E-state index in [2.05, 4.69) is 15.6 Å². The first-order chi connectivity index (χ1) is 17.6. The van der Waals surface area contributed by atoms with Crippen molar-refractivity contribution in [2.24, 2.45) is 0 Å². The monoisotopic (exact) mass is 546 g/mol. The molecule has 1 atom stereocenters. The number of halogens is 2. The number of rotatable bonds is 8. The number of likely N-dealkylation sites (N-methyl/N-ethyl adjacent to an activating group) is 1. The minimum absolute atomic E-state index is 0.0104. The average molecular weight is 547 g/mol. The predicted octanol–water partition coefficient (Wildman–Crippen LogP) is 3.81. The zero-order chi connectivity index (χ0) is 26.7. The molecule has 1 aliphatic rings. The number of amides is 1. The molecule has 0 saturated carbocycles. The maximum Gasteiger partial charge on any atom is 0.241 e. The van der Waals surface area contributed by atoms with Gasteiger partial charge in [0.25, 0.3) is 0 Å². The molecule has 0 bridgehead atoms. The number of hydrogen-bond acceptors (Lipinski definition) is 10. The van der Waals surface area contributed by atoms with Gasteiger partial charge < -0.3 is 21.3 Å². The third-order valence-electron chi connectivity index (χ3n) is 5.86. The average Bonchev–Trinajstić information content (AvgIpc) is 2.83. The van der Waals surface area contributed by atoms with Gasteiger partial charge in [-0.25, -0.2) is 9.97 Å². The van der Waals surface area contributed by atoms with Gasteiger partial charge in [0, 0.05) is 36.3 Å². The molecule has 3 heterocycles. The van der Waals surface area contributed by atoms with E-state index in [0.717, 1.165) is 6.54 Å². The van der Waals surface area contributed by atoms with E-state index in [1.807, 2.05) is 31.0 Å². The smallest absolute Gasteiger partial charge is 0.241 e. The van der Waals surface area contributed by atoms with Crippen LogP contribution in [0.1, 0.15) is 6.92 Å². The summed E-state index contributed by atoms with van der Waals surface area (Å²) in [5, 5.41) is 25.7. The number of pyridine rings is 2. The van der Waals surface area contributed by atoms with Gasteiger partial charge in [0.05, 0.1) is 22.9 Å². The summed E-state index contributed by atoms with van der Waals surface area (Å²) < 4.78 is 0. The molecular weight excluding hydrogens is 519 g/mol. The minimum atomic E-state index is -0.0969. The van der Waals surface area contributed by atoms with Crippen LogP contribution in [-0.2, 0) is 4.79 Å². The molecule has 1 aliphatic heterocycles. The number of nitrogen functional groups attached to an aromatic ring is 1. The van der Waals surface area contributed by atoms with Gasteiger partial charge in [-0.05, 0) is 56.4 Å². The van der Waals surface area contributed by atoms with Crippen molar-refractivity contribution in [3.05, 3.63) is 52.5 Å². The maximum atomic E-state index is 12.8. The van der Waals surface area contributed by atoms with Gasteiger partial charge in [0.2, 0.25) is 5.91 Å². The van der Waals surface area contributed by atoms with E-state index in [1.165, 1.54) is 6.07 Å². The van der Waals surface area contributed by atoms with Crippen LogP contribution in [0.5, 0.6) is 0 Å². The summed E-state index contributed by atoms with van der Waals surface area (Å²) in [7, 11) is 1.92. The molecule has 1 fully saturated rings. The highest BCUT2D eigenvalue weighted by molar-refractivity contribution is 6.36. The molecule has 2 aromatic heterocycles. The number of nitrogens with one attached hydrogen (secondary N) is 2. The second-order valence-electron chi connectivity index (χ2n) is 8.79. The number of anilines is 5. The topological polar surface area (TPSA) is 143 Å². The predicted molar refractivity (Wildman–Crippen MR) is 146 cm³/mol. The van der Waals surface area contributed by atoms with Crippen molar-refractivity contribution in [2.45, 2.75) is 13.0 Å². The summed E-state index contributed by atoms with van der Waals surface area (Å²) >= 11 is 12.6. The van der Waals surface area contributed by atoms with Gasteiger partial charge in [-0.15, -0.1) is 5.23 Å². The lowest BCUT2D eigenvalue weighted by molar-refractivity contribution is -0.120. The normalized spacial score (nSPS) is 15.0. The van der Waals surface area contributed by atoms with Gasteiger partial charge >= 0.3 is 0 Å². The Morgan fingerprint density at radius 1 is 1.11 bits per heavy atom. The molecule has 4 rings (SSSR count). The van der Waals surface area contributed by atoms with Crippen molar-refractivity contribution in [3.8, 4) is 11.3 Å². The fraction of sp³-hybridized carbons (Fsp3) is 0.292. The van der Waals surface area contributed by atoms with Gasteiger partial charge in [-0.3, -0.25) is 20.1 Å². The Morgan fingerprint density at radius 3 is 2.54 bits per heavy atom. The molecule has 0 aliphatic carbocycles. The van der Waals surface area contributed by atoms with Crippen molar-refractivity contribution in [2.75, 3.05) is 59.7 Å². The van der Waals surface area contributed by atoms with Crippen LogP contribution in [0.3, 0.4) is 0 Å². The zero-order valence-electron chi connectivity index (χ0n) is 20.3. The maximum absolute atomic E-state index is 12.8. The number of benzene rings is 1. The number of carbonyl (C=O) groups is 1. The fourth-order valence-electron chi connectivity index (χ4n) is 3.97. The quantitative estimate of drug-likeness (QED) is 0.264. The molecule has 0 radical (unpaired) electrons. The third-order valence-corrected chi connectivity index (χ3v) is 6.41. The van der Waals surface area contributed by atoms with Crippen LogP contribution in [0.2, 0.25) is 10.0 Å². The number of aromatic nitrogens is 2. The van der Waals surface area contributed by atoms with Crippen molar-refractivity contribution >= 4 is 57.9 Å². The fourth-order valence-corrected chi connectivity index (χ4v) is 4.47. The van der Waals surface area contributed by atoms with Gasteiger partial charge in [0.15, 0.2) is 5.82 Å². The van der Waals surface area contributed by atoms with Crippen LogP contribution in [0.25, 0.3) is 11.3 Å². The highest BCUT2D eigenvalue weighted by Gasteiger charge is 2.26. The third kappa shape index (κ3) is 6.32. The lowest BCUT2D eigenvalue weighted by atomic mass is 10.1. The molecule has 1 unspecified atom stereocenters. The van der Waals surface area contributed by atoms with Crippen molar-refractivity contribution in [1.29, 1.82) is 0 Å². The van der Waals surface area contributed by atoms with Gasteiger partial charge in [0.1, 0.15) is 17.3 Å². The van der Waals surface area contributed by atoms with Crippen molar-refractivity contribution < 1.29 is 15.2 Å². The van der Waals surface area contributed by atoms with Crippen LogP contribution >= 0.6 is 23.2 Å². The summed E-state index contributed by atoms with van der Waals surface area (Å²) in [4.78, 5) is 25.5. The van der Waals surface area contributed by atoms with E-state index in [1.54, 1.807) is 29.2 Å². The Kier molecular flexibility index (Phi) is 8.20. The van der Waals surface area contributed by atoms with Crippen LogP contribution in [0.15, 0.2) is 42.5 Å². The van der Waals surface area contributed by atoms with Crippen LogP contribution in [-0.4, -0.2) is 70.5 Å². The lowest BCUT2D eigenvalue weighted by Gasteiger charge is -2.33. The molecule has 11 nitrogen and oxygen atoms in total. The lowest BCUT2D eigenvalue weighted by Crippen LogP contribution is -2.49. The van der Waals surface area contributed by atoms with Gasteiger partial charge in [-0.1, -0.05) is 23.2 Å². The first kappa shape index (κ1) is 26.7. The van der Waals surface area contributed by atoms with E-state index in [-0.39, 0.29) is 28.7 Å². The summed E-state index contributed by atoms with van der Waals surface area (Å²) in [5.74, 6) is 1.03. The molecule has 1 amide bonds. The molecular formula is C24H28Cl2N8O3. The Hall–Kier alpha value is -3.35. The van der Waals surface area contributed by atoms with Crippen molar-refractivity contribution in [3.63, 3.8) is 0 Å². The molecule has 1 aromatic carbocycles. The van der Waals surface area contributed by atoms with E-state index in [4.69, 9.17) is 44.3 Å². The largest absolute Gasteiger partial charge is 0.382 e. The highest BCUT2D eigenvalue weighted by Crippen LogP contribution is 2.37. The first-order valence-corrected chi connectivity index (χ1v) is 12.3. The highest BCUT2D eigenvalue weighted by atomic mass is 35.5. The summed E-state index contributed by atoms with van der Waals surface area (Å²) in [6.45, 7) is 4.03.